The Morgan fingerprint density at radius 2 is 1.82 bits per heavy atom. The number of halogens is 1. The summed E-state index contributed by atoms with van der Waals surface area (Å²) >= 11 is 0. The fourth-order valence-corrected chi connectivity index (χ4v) is 1.52. The second-order valence-corrected chi connectivity index (χ2v) is 4.96. The van der Waals surface area contributed by atoms with Gasteiger partial charge in [-0.15, -0.1) is 12.4 Å². The Kier molecular flexibility index (Phi) is 9.21. The molecule has 0 radical (unpaired) electrons. The van der Waals surface area contributed by atoms with E-state index in [1.807, 2.05) is 13.8 Å². The molecule has 6 nitrogen and oxygen atoms in total. The second kappa shape index (κ2) is 10.0. The van der Waals surface area contributed by atoms with E-state index in [1.54, 1.807) is 24.3 Å². The van der Waals surface area contributed by atoms with E-state index >= 15 is 0 Å². The molecule has 1 atom stereocenters. The van der Waals surface area contributed by atoms with Gasteiger partial charge in [0, 0.05) is 5.69 Å². The lowest BCUT2D eigenvalue weighted by Crippen LogP contribution is -2.39. The summed E-state index contributed by atoms with van der Waals surface area (Å²) in [6.45, 7) is 4.03. The predicted molar refractivity (Wildman–Crippen MR) is 87.3 cm³/mol. The molecule has 1 rings (SSSR count). The van der Waals surface area contributed by atoms with Crippen LogP contribution in [0.4, 0.5) is 5.69 Å². The number of nitrogens with two attached hydrogens (primary N) is 1. The summed E-state index contributed by atoms with van der Waals surface area (Å²) in [5.74, 6) is 0.155. The molecule has 124 valence electrons. The molecule has 1 aromatic rings. The van der Waals surface area contributed by atoms with Gasteiger partial charge in [0.05, 0.1) is 26.2 Å². The molecule has 22 heavy (non-hydrogen) atoms. The highest BCUT2D eigenvalue weighted by molar-refractivity contribution is 5.94. The molecule has 0 spiro atoms. The number of methoxy groups -OCH3 is 1. The molecule has 1 aromatic carbocycles. The zero-order valence-corrected chi connectivity index (χ0v) is 13.8. The van der Waals surface area contributed by atoms with Gasteiger partial charge in [-0.3, -0.25) is 9.59 Å². The molecule has 3 N–H and O–H groups in total. The molecule has 0 heterocycles. The molecule has 0 unspecified atom stereocenters. The van der Waals surface area contributed by atoms with Crippen molar-refractivity contribution < 1.29 is 19.1 Å². The minimum absolute atomic E-state index is 0. The van der Waals surface area contributed by atoms with Crippen molar-refractivity contribution in [2.24, 2.45) is 11.7 Å². The lowest BCUT2D eigenvalue weighted by molar-refractivity contribution is -0.141. The van der Waals surface area contributed by atoms with Crippen molar-refractivity contribution in [3.8, 4) is 5.75 Å². The SMILES string of the molecule is COC(=O)CCOc1ccc(NC(=O)[C@@H](N)C(C)C)cc1.Cl. The van der Waals surface area contributed by atoms with Crippen LogP contribution < -0.4 is 15.8 Å². The number of hydrogen-bond donors (Lipinski definition) is 2. The number of esters is 1. The normalized spacial score (nSPS) is 11.3. The molecular weight excluding hydrogens is 308 g/mol. The maximum absolute atomic E-state index is 11.8. The number of carbonyl (C=O) groups is 2. The molecule has 7 heteroatoms. The highest BCUT2D eigenvalue weighted by Gasteiger charge is 2.16. The van der Waals surface area contributed by atoms with Gasteiger partial charge in [0.1, 0.15) is 5.75 Å². The van der Waals surface area contributed by atoms with Crippen molar-refractivity contribution in [3.05, 3.63) is 24.3 Å². The van der Waals surface area contributed by atoms with Crippen molar-refractivity contribution in [3.63, 3.8) is 0 Å². The van der Waals surface area contributed by atoms with Crippen molar-refractivity contribution in [2.45, 2.75) is 26.3 Å². The van der Waals surface area contributed by atoms with E-state index in [9.17, 15) is 9.59 Å². The molecular formula is C15H23ClN2O4. The lowest BCUT2D eigenvalue weighted by atomic mass is 10.1. The Morgan fingerprint density at radius 3 is 2.32 bits per heavy atom. The first kappa shape index (κ1) is 20.2. The number of benzene rings is 1. The average molecular weight is 331 g/mol. The summed E-state index contributed by atoms with van der Waals surface area (Å²) in [7, 11) is 1.33. The van der Waals surface area contributed by atoms with E-state index in [0.717, 1.165) is 0 Å². The Bertz CT molecular complexity index is 477. The Labute approximate surface area is 136 Å². The van der Waals surface area contributed by atoms with Gasteiger partial charge < -0.3 is 20.5 Å². The van der Waals surface area contributed by atoms with E-state index in [1.165, 1.54) is 7.11 Å². The third-order valence-corrected chi connectivity index (χ3v) is 2.95. The summed E-state index contributed by atoms with van der Waals surface area (Å²) in [4.78, 5) is 22.7. The number of nitrogens with one attached hydrogen (secondary N) is 1. The molecule has 0 bridgehead atoms. The monoisotopic (exact) mass is 330 g/mol. The maximum atomic E-state index is 11.8. The van der Waals surface area contributed by atoms with E-state index in [2.05, 4.69) is 10.1 Å². The van der Waals surface area contributed by atoms with Gasteiger partial charge in [-0.2, -0.15) is 0 Å². The van der Waals surface area contributed by atoms with Gasteiger partial charge in [0.25, 0.3) is 0 Å². The first-order valence-corrected chi connectivity index (χ1v) is 6.80. The van der Waals surface area contributed by atoms with Gasteiger partial charge in [-0.05, 0) is 30.2 Å². The Hall–Kier alpha value is -1.79. The lowest BCUT2D eigenvalue weighted by Gasteiger charge is -2.15. The first-order chi connectivity index (χ1) is 9.93. The number of ether oxygens (including phenoxy) is 2. The summed E-state index contributed by atoms with van der Waals surface area (Å²) in [5.41, 5.74) is 6.41. The van der Waals surface area contributed by atoms with Crippen LogP contribution in [0.5, 0.6) is 5.75 Å². The number of rotatable bonds is 7. The maximum Gasteiger partial charge on any atom is 0.308 e. The number of anilines is 1. The number of carbonyl (C=O) groups excluding carboxylic acids is 2. The van der Waals surface area contributed by atoms with Gasteiger partial charge in [0.15, 0.2) is 0 Å². The highest BCUT2D eigenvalue weighted by Crippen LogP contribution is 2.16. The molecule has 0 saturated carbocycles. The third-order valence-electron chi connectivity index (χ3n) is 2.95. The highest BCUT2D eigenvalue weighted by atomic mass is 35.5. The van der Waals surface area contributed by atoms with Crippen molar-refractivity contribution in [1.29, 1.82) is 0 Å². The molecule has 0 aliphatic carbocycles. The molecule has 0 aliphatic rings. The van der Waals surface area contributed by atoms with Crippen LogP contribution in [0.3, 0.4) is 0 Å². The van der Waals surface area contributed by atoms with Crippen LogP contribution in [0.15, 0.2) is 24.3 Å². The van der Waals surface area contributed by atoms with E-state index in [-0.39, 0.29) is 43.2 Å². The minimum Gasteiger partial charge on any atom is -0.493 e. The van der Waals surface area contributed by atoms with E-state index in [0.29, 0.717) is 11.4 Å². The van der Waals surface area contributed by atoms with Crippen LogP contribution in [0.25, 0.3) is 0 Å². The minimum atomic E-state index is -0.541. The van der Waals surface area contributed by atoms with Crippen LogP contribution in [0.1, 0.15) is 20.3 Å². The summed E-state index contributed by atoms with van der Waals surface area (Å²) in [6.07, 6.45) is 0.193. The Morgan fingerprint density at radius 1 is 1.23 bits per heavy atom. The van der Waals surface area contributed by atoms with Crippen LogP contribution in [-0.2, 0) is 14.3 Å². The van der Waals surface area contributed by atoms with Gasteiger partial charge >= 0.3 is 5.97 Å². The average Bonchev–Trinajstić information content (AvgIpc) is 2.47. The molecule has 0 aliphatic heterocycles. The van der Waals surface area contributed by atoms with Crippen LogP contribution in [0.2, 0.25) is 0 Å². The van der Waals surface area contributed by atoms with Crippen LogP contribution in [-0.4, -0.2) is 31.6 Å². The second-order valence-electron chi connectivity index (χ2n) is 4.96. The zero-order valence-electron chi connectivity index (χ0n) is 13.0. The Balaban J connectivity index is 0.00000441. The van der Waals surface area contributed by atoms with Crippen molar-refractivity contribution >= 4 is 30.0 Å². The third kappa shape index (κ3) is 6.78. The first-order valence-electron chi connectivity index (χ1n) is 6.80. The largest absolute Gasteiger partial charge is 0.493 e. The van der Waals surface area contributed by atoms with Crippen LogP contribution in [0, 0.1) is 5.92 Å². The quantitative estimate of drug-likeness (QED) is 0.746. The summed E-state index contributed by atoms with van der Waals surface area (Å²) in [6, 6.07) is 6.33. The molecule has 0 fully saturated rings. The summed E-state index contributed by atoms with van der Waals surface area (Å²) < 4.78 is 9.90. The summed E-state index contributed by atoms with van der Waals surface area (Å²) in [5, 5.41) is 2.74. The predicted octanol–water partition coefficient (Wildman–Crippen LogP) is 1.97. The van der Waals surface area contributed by atoms with Gasteiger partial charge in [-0.1, -0.05) is 13.8 Å². The van der Waals surface area contributed by atoms with E-state index in [4.69, 9.17) is 10.5 Å². The molecule has 0 aromatic heterocycles. The number of hydrogen-bond acceptors (Lipinski definition) is 5. The van der Waals surface area contributed by atoms with Crippen molar-refractivity contribution in [2.75, 3.05) is 19.0 Å². The van der Waals surface area contributed by atoms with Crippen LogP contribution >= 0.6 is 12.4 Å². The number of amides is 1. The van der Waals surface area contributed by atoms with E-state index < -0.39 is 6.04 Å². The smallest absolute Gasteiger partial charge is 0.308 e. The van der Waals surface area contributed by atoms with Gasteiger partial charge in [0.2, 0.25) is 5.91 Å². The zero-order chi connectivity index (χ0) is 15.8. The standard InChI is InChI=1S/C15H22N2O4.ClH/c1-10(2)14(16)15(19)17-11-4-6-12(7-5-11)21-9-8-13(18)20-3;/h4-7,10,14H,8-9,16H2,1-3H3,(H,17,19);1H/t14-;/m0./s1. The molecule has 0 saturated heterocycles. The van der Waals surface area contributed by atoms with Gasteiger partial charge in [-0.25, -0.2) is 0 Å². The molecule has 1 amide bonds. The van der Waals surface area contributed by atoms with Crippen molar-refractivity contribution in [1.82, 2.24) is 0 Å². The fraction of sp³-hybridized carbons (Fsp3) is 0.467. The topological polar surface area (TPSA) is 90.6 Å². The fourth-order valence-electron chi connectivity index (χ4n) is 1.52.